The van der Waals surface area contributed by atoms with E-state index < -0.39 is 35.1 Å². The average molecular weight is 193 g/mol. The predicted octanol–water partition coefficient (Wildman–Crippen LogP) is -3.16. The van der Waals surface area contributed by atoms with Crippen LogP contribution < -0.4 is 23.6 Å². The van der Waals surface area contributed by atoms with E-state index in [1.807, 2.05) is 0 Å². The molecule has 1 saturated carbocycles. The second kappa shape index (κ2) is 3.60. The van der Waals surface area contributed by atoms with Gasteiger partial charge in [-0.2, -0.15) is 0 Å². The Balaban J connectivity index is 0.00000121. The van der Waals surface area contributed by atoms with E-state index in [1.54, 1.807) is 4.72 Å². The van der Waals surface area contributed by atoms with E-state index in [-0.39, 0.29) is 18.9 Å². The molecule has 4 nitrogen and oxygen atoms in total. The van der Waals surface area contributed by atoms with Crippen molar-refractivity contribution in [3.05, 3.63) is 0 Å². The zero-order chi connectivity index (χ0) is 8.70. The fourth-order valence-electron chi connectivity index (χ4n) is 0.949. The maximum Gasteiger partial charge on any atom is 1.00 e. The Morgan fingerprint density at radius 2 is 1.83 bits per heavy atom. The van der Waals surface area contributed by atoms with Crippen molar-refractivity contribution >= 4 is 10.3 Å². The molecule has 8 heteroatoms. The Hall–Kier alpha value is 0.327. The Morgan fingerprint density at radius 3 is 2.08 bits per heavy atom. The minimum atomic E-state index is -4.57. The summed E-state index contributed by atoms with van der Waals surface area (Å²) in [5.41, 5.74) is 0. The van der Waals surface area contributed by atoms with Crippen LogP contribution in [0, 0.1) is 0 Å². The maximum absolute atomic E-state index is 12.0. The Bertz CT molecular complexity index is 247. The van der Waals surface area contributed by atoms with Gasteiger partial charge < -0.3 is 4.55 Å². The number of hydrogen-bond acceptors (Lipinski definition) is 3. The monoisotopic (exact) mass is 193 g/mol. The van der Waals surface area contributed by atoms with E-state index in [2.05, 4.69) is 0 Å². The minimum absolute atomic E-state index is 0. The summed E-state index contributed by atoms with van der Waals surface area (Å²) in [6, 6.07) is -0.882. The van der Waals surface area contributed by atoms with Crippen LogP contribution in [-0.2, 0) is 10.3 Å². The maximum atomic E-state index is 12.0. The van der Waals surface area contributed by atoms with Crippen molar-refractivity contribution in [1.29, 1.82) is 0 Å². The van der Waals surface area contributed by atoms with Gasteiger partial charge in [0.25, 0.3) is 5.92 Å². The number of hydrogen-bond donors (Lipinski definition) is 1. The summed E-state index contributed by atoms with van der Waals surface area (Å²) in [6.07, 6.45) is -1.15. The number of rotatable bonds is 2. The van der Waals surface area contributed by atoms with Crippen LogP contribution in [0.4, 0.5) is 8.78 Å². The molecule has 1 fully saturated rings. The summed E-state index contributed by atoms with van der Waals surface area (Å²) >= 11 is 0. The third-order valence-corrected chi connectivity index (χ3v) is 2.02. The smallest absolute Gasteiger partial charge is 0.735 e. The fourth-order valence-corrected chi connectivity index (χ4v) is 1.52. The van der Waals surface area contributed by atoms with Gasteiger partial charge in [0.15, 0.2) is 10.3 Å². The normalized spacial score (nSPS) is 22.6. The van der Waals surface area contributed by atoms with Gasteiger partial charge >= 0.3 is 18.9 Å². The first kappa shape index (κ1) is 12.3. The first-order chi connectivity index (χ1) is 4.79. The zero-order valence-corrected chi connectivity index (χ0v) is 7.20. The molecule has 1 rings (SSSR count). The van der Waals surface area contributed by atoms with Crippen LogP contribution in [0.15, 0.2) is 0 Å². The molecule has 0 spiro atoms. The summed E-state index contributed by atoms with van der Waals surface area (Å²) in [4.78, 5) is 0. The summed E-state index contributed by atoms with van der Waals surface area (Å²) < 4.78 is 55.4. The summed E-state index contributed by atoms with van der Waals surface area (Å²) in [5, 5.41) is 0. The molecule has 0 aromatic rings. The molecule has 1 aliphatic rings. The largest absolute Gasteiger partial charge is 1.00 e. The van der Waals surface area contributed by atoms with Gasteiger partial charge in [0.1, 0.15) is 0 Å². The molecule has 66 valence electrons. The van der Waals surface area contributed by atoms with E-state index in [4.69, 9.17) is 0 Å². The summed E-state index contributed by atoms with van der Waals surface area (Å²) in [7, 11) is -4.57. The van der Waals surface area contributed by atoms with Gasteiger partial charge in [0, 0.05) is 18.9 Å². The van der Waals surface area contributed by atoms with Crippen LogP contribution in [0.3, 0.4) is 0 Å². The number of nitrogens with one attached hydrogen (secondary N) is 1. The van der Waals surface area contributed by atoms with Crippen LogP contribution in [0.5, 0.6) is 0 Å². The Morgan fingerprint density at radius 1 is 1.42 bits per heavy atom. The van der Waals surface area contributed by atoms with Crippen LogP contribution in [-0.4, -0.2) is 24.9 Å². The van der Waals surface area contributed by atoms with Crippen molar-refractivity contribution in [2.45, 2.75) is 24.8 Å². The molecule has 0 amide bonds. The second-order valence-electron chi connectivity index (χ2n) is 2.53. The van der Waals surface area contributed by atoms with Gasteiger partial charge in [-0.15, -0.1) is 0 Å². The third-order valence-electron chi connectivity index (χ3n) is 1.40. The predicted molar refractivity (Wildman–Crippen MR) is 30.8 cm³/mol. The standard InChI is InChI=1S/C4H7F2NO3S.Li/c5-4(6)1-3(2-4)7-11(8,9)10;/h3,7H,1-2H2,(H,8,9,10);/q;+1/p-1. The minimum Gasteiger partial charge on any atom is -0.735 e. The fraction of sp³-hybridized carbons (Fsp3) is 1.00. The summed E-state index contributed by atoms with van der Waals surface area (Å²) in [5.74, 6) is -2.80. The molecule has 0 atom stereocenters. The molecule has 1 N–H and O–H groups in total. The van der Waals surface area contributed by atoms with Crippen LogP contribution in [0.2, 0.25) is 0 Å². The van der Waals surface area contributed by atoms with Gasteiger partial charge in [-0.25, -0.2) is 21.9 Å². The molecule has 0 aromatic carbocycles. The average Bonchev–Trinajstić information content (AvgIpc) is 1.53. The molecule has 0 heterocycles. The SMILES string of the molecule is O=S(=O)([O-])NC1CC(F)(F)C1.[Li+]. The topological polar surface area (TPSA) is 69.2 Å². The molecule has 0 aliphatic heterocycles. The zero-order valence-electron chi connectivity index (χ0n) is 6.38. The third kappa shape index (κ3) is 3.82. The Kier molecular flexibility index (Phi) is 3.69. The van der Waals surface area contributed by atoms with E-state index in [9.17, 15) is 21.8 Å². The van der Waals surface area contributed by atoms with Gasteiger partial charge in [-0.1, -0.05) is 0 Å². The molecular weight excluding hydrogens is 187 g/mol. The van der Waals surface area contributed by atoms with Crippen LogP contribution in [0.25, 0.3) is 0 Å². The molecule has 1 aliphatic carbocycles. The second-order valence-corrected chi connectivity index (χ2v) is 3.68. The molecule has 12 heavy (non-hydrogen) atoms. The molecule has 0 saturated heterocycles. The van der Waals surface area contributed by atoms with Crippen molar-refractivity contribution in [2.24, 2.45) is 0 Å². The van der Waals surface area contributed by atoms with E-state index in [0.29, 0.717) is 0 Å². The molecule has 0 bridgehead atoms. The first-order valence-corrected chi connectivity index (χ1v) is 4.30. The molecular formula is C4H6F2LiNO3S. The van der Waals surface area contributed by atoms with Crippen molar-refractivity contribution in [3.63, 3.8) is 0 Å². The van der Waals surface area contributed by atoms with Crippen molar-refractivity contribution in [2.75, 3.05) is 0 Å². The van der Waals surface area contributed by atoms with E-state index >= 15 is 0 Å². The molecule has 0 aromatic heterocycles. The molecule has 0 unspecified atom stereocenters. The quantitative estimate of drug-likeness (QED) is 0.371. The Labute approximate surface area is 80.8 Å². The summed E-state index contributed by atoms with van der Waals surface area (Å²) in [6.45, 7) is 0. The van der Waals surface area contributed by atoms with Gasteiger partial charge in [0.2, 0.25) is 0 Å². The molecule has 0 radical (unpaired) electrons. The van der Waals surface area contributed by atoms with E-state index in [0.717, 1.165) is 0 Å². The van der Waals surface area contributed by atoms with Crippen LogP contribution in [0.1, 0.15) is 12.8 Å². The van der Waals surface area contributed by atoms with Crippen molar-refractivity contribution in [3.8, 4) is 0 Å². The van der Waals surface area contributed by atoms with Crippen molar-refractivity contribution in [1.82, 2.24) is 4.72 Å². The number of alkyl halides is 2. The number of halogens is 2. The van der Waals surface area contributed by atoms with Gasteiger partial charge in [-0.05, 0) is 0 Å². The van der Waals surface area contributed by atoms with Gasteiger partial charge in [0.05, 0.1) is 0 Å². The van der Waals surface area contributed by atoms with E-state index in [1.165, 1.54) is 0 Å². The first-order valence-electron chi connectivity index (χ1n) is 2.89. The van der Waals surface area contributed by atoms with Crippen molar-refractivity contribution < 1.29 is 40.6 Å². The van der Waals surface area contributed by atoms with Crippen LogP contribution >= 0.6 is 0 Å². The van der Waals surface area contributed by atoms with Gasteiger partial charge in [-0.3, -0.25) is 0 Å².